The zero-order chi connectivity index (χ0) is 11.4. The summed E-state index contributed by atoms with van der Waals surface area (Å²) in [5.41, 5.74) is -0.228. The molecule has 4 nitrogen and oxygen atoms in total. The van der Waals surface area contributed by atoms with Gasteiger partial charge in [0.05, 0.1) is 21.3 Å². The number of rotatable bonds is 3. The molecule has 1 rings (SSSR count). The number of hydrogen-bond acceptors (Lipinski definition) is 4. The molecule has 1 aromatic rings. The quantitative estimate of drug-likeness (QED) is 0.763. The molecular formula is C10H10FNO3. The Morgan fingerprint density at radius 3 is 2.13 bits per heavy atom. The van der Waals surface area contributed by atoms with Gasteiger partial charge < -0.3 is 14.2 Å². The molecule has 0 saturated carbocycles. The molecule has 1 aromatic carbocycles. The fourth-order valence-corrected chi connectivity index (χ4v) is 1.20. The van der Waals surface area contributed by atoms with Gasteiger partial charge in [0.2, 0.25) is 0 Å². The van der Waals surface area contributed by atoms with E-state index in [1.165, 1.54) is 27.4 Å². The van der Waals surface area contributed by atoms with Crippen LogP contribution in [0.25, 0.3) is 0 Å². The Labute approximate surface area is 86.8 Å². The van der Waals surface area contributed by atoms with E-state index in [9.17, 15) is 4.39 Å². The van der Waals surface area contributed by atoms with Crippen LogP contribution in [-0.4, -0.2) is 21.3 Å². The second-order valence-electron chi connectivity index (χ2n) is 2.62. The van der Waals surface area contributed by atoms with E-state index in [4.69, 9.17) is 19.5 Å². The summed E-state index contributed by atoms with van der Waals surface area (Å²) in [4.78, 5) is 0. The van der Waals surface area contributed by atoms with Crippen molar-refractivity contribution < 1.29 is 18.6 Å². The largest absolute Gasteiger partial charge is 0.493 e. The third kappa shape index (κ3) is 1.79. The van der Waals surface area contributed by atoms with Crippen molar-refractivity contribution in [2.45, 2.75) is 0 Å². The van der Waals surface area contributed by atoms with Crippen LogP contribution in [0, 0.1) is 17.1 Å². The number of halogens is 1. The van der Waals surface area contributed by atoms with Gasteiger partial charge in [-0.2, -0.15) is 5.26 Å². The van der Waals surface area contributed by atoms with Gasteiger partial charge in [-0.1, -0.05) is 0 Å². The summed E-state index contributed by atoms with van der Waals surface area (Å²) in [6.07, 6.45) is 0. The smallest absolute Gasteiger partial charge is 0.186 e. The molecular weight excluding hydrogens is 201 g/mol. The number of nitriles is 1. The van der Waals surface area contributed by atoms with Crippen LogP contribution in [0.15, 0.2) is 6.07 Å². The Hall–Kier alpha value is -1.96. The summed E-state index contributed by atoms with van der Waals surface area (Å²) >= 11 is 0. The second-order valence-corrected chi connectivity index (χ2v) is 2.62. The second kappa shape index (κ2) is 4.51. The first-order valence-corrected chi connectivity index (χ1v) is 4.08. The van der Waals surface area contributed by atoms with Gasteiger partial charge in [0.25, 0.3) is 0 Å². The molecule has 0 saturated heterocycles. The van der Waals surface area contributed by atoms with Gasteiger partial charge in [0, 0.05) is 6.07 Å². The summed E-state index contributed by atoms with van der Waals surface area (Å²) in [6.45, 7) is 0. The number of ether oxygens (including phenoxy) is 3. The minimum absolute atomic E-state index is 0.0517. The lowest BCUT2D eigenvalue weighted by Crippen LogP contribution is -1.99. The number of nitrogens with zero attached hydrogens (tertiary/aromatic N) is 1. The third-order valence-electron chi connectivity index (χ3n) is 1.90. The molecule has 0 radical (unpaired) electrons. The highest BCUT2D eigenvalue weighted by Gasteiger charge is 2.20. The van der Waals surface area contributed by atoms with Crippen LogP contribution >= 0.6 is 0 Å². The first kappa shape index (κ1) is 11.1. The van der Waals surface area contributed by atoms with Gasteiger partial charge in [-0.25, -0.2) is 4.39 Å². The van der Waals surface area contributed by atoms with Crippen LogP contribution in [0.5, 0.6) is 17.2 Å². The van der Waals surface area contributed by atoms with Crippen molar-refractivity contribution in [3.63, 3.8) is 0 Å². The molecule has 0 amide bonds. The van der Waals surface area contributed by atoms with Gasteiger partial charge in [-0.05, 0) is 0 Å². The van der Waals surface area contributed by atoms with E-state index in [0.29, 0.717) is 0 Å². The molecule has 15 heavy (non-hydrogen) atoms. The van der Waals surface area contributed by atoms with E-state index >= 15 is 0 Å². The molecule has 0 aliphatic heterocycles. The molecule has 0 aliphatic carbocycles. The van der Waals surface area contributed by atoms with Gasteiger partial charge in [-0.3, -0.25) is 0 Å². The Morgan fingerprint density at radius 1 is 1.13 bits per heavy atom. The molecule has 0 atom stereocenters. The molecule has 0 N–H and O–H groups in total. The van der Waals surface area contributed by atoms with Crippen LogP contribution < -0.4 is 14.2 Å². The monoisotopic (exact) mass is 211 g/mol. The van der Waals surface area contributed by atoms with E-state index in [2.05, 4.69) is 0 Å². The predicted octanol–water partition coefficient (Wildman–Crippen LogP) is 1.72. The molecule has 0 aliphatic rings. The minimum Gasteiger partial charge on any atom is -0.493 e. The lowest BCUT2D eigenvalue weighted by Gasteiger charge is -2.12. The zero-order valence-electron chi connectivity index (χ0n) is 8.63. The van der Waals surface area contributed by atoms with E-state index in [0.717, 1.165) is 0 Å². The molecule has 0 fully saturated rings. The molecule has 5 heteroatoms. The zero-order valence-corrected chi connectivity index (χ0v) is 8.63. The summed E-state index contributed by atoms with van der Waals surface area (Å²) < 4.78 is 28.2. The lowest BCUT2D eigenvalue weighted by atomic mass is 10.1. The summed E-state index contributed by atoms with van der Waals surface area (Å²) in [7, 11) is 4.05. The number of methoxy groups -OCH3 is 3. The third-order valence-corrected chi connectivity index (χ3v) is 1.90. The van der Waals surface area contributed by atoms with Crippen LogP contribution in [0.3, 0.4) is 0 Å². The standard InChI is InChI=1S/C10H10FNO3/c1-13-7-4-8(14-2)10(15-3)6(5-12)9(7)11/h4H,1-3H3. The van der Waals surface area contributed by atoms with Crippen molar-refractivity contribution in [1.29, 1.82) is 5.26 Å². The van der Waals surface area contributed by atoms with Crippen LogP contribution in [0.2, 0.25) is 0 Å². The van der Waals surface area contributed by atoms with E-state index in [1.54, 1.807) is 6.07 Å². The van der Waals surface area contributed by atoms with Gasteiger partial charge in [0.15, 0.2) is 23.1 Å². The Bertz CT molecular complexity index is 412. The van der Waals surface area contributed by atoms with Crippen molar-refractivity contribution in [2.24, 2.45) is 0 Å². The minimum atomic E-state index is -0.752. The van der Waals surface area contributed by atoms with E-state index in [1.807, 2.05) is 0 Å². The molecule has 0 spiro atoms. The van der Waals surface area contributed by atoms with Gasteiger partial charge in [-0.15, -0.1) is 0 Å². The normalized spacial score (nSPS) is 9.27. The highest BCUT2D eigenvalue weighted by molar-refractivity contribution is 5.57. The van der Waals surface area contributed by atoms with Crippen molar-refractivity contribution in [1.82, 2.24) is 0 Å². The SMILES string of the molecule is COc1cc(OC)c(OC)c(C#N)c1F. The summed E-state index contributed by atoms with van der Waals surface area (Å²) in [6, 6.07) is 3.03. The van der Waals surface area contributed by atoms with Gasteiger partial charge >= 0.3 is 0 Å². The highest BCUT2D eigenvalue weighted by atomic mass is 19.1. The fraction of sp³-hybridized carbons (Fsp3) is 0.300. The highest BCUT2D eigenvalue weighted by Crippen LogP contribution is 2.37. The maximum absolute atomic E-state index is 13.6. The van der Waals surface area contributed by atoms with E-state index in [-0.39, 0.29) is 22.8 Å². The maximum Gasteiger partial charge on any atom is 0.186 e. The lowest BCUT2D eigenvalue weighted by molar-refractivity contribution is 0.338. The fourth-order valence-electron chi connectivity index (χ4n) is 1.20. The topological polar surface area (TPSA) is 51.5 Å². The van der Waals surface area contributed by atoms with Gasteiger partial charge in [0.1, 0.15) is 11.6 Å². The molecule has 0 aromatic heterocycles. The van der Waals surface area contributed by atoms with Crippen molar-refractivity contribution in [2.75, 3.05) is 21.3 Å². The molecule has 0 heterocycles. The van der Waals surface area contributed by atoms with Crippen molar-refractivity contribution in [3.8, 4) is 23.3 Å². The predicted molar refractivity (Wildman–Crippen MR) is 50.8 cm³/mol. The summed E-state index contributed by atoms with van der Waals surface area (Å²) in [5, 5.41) is 8.79. The Morgan fingerprint density at radius 2 is 1.73 bits per heavy atom. The average Bonchev–Trinajstić information content (AvgIpc) is 2.28. The first-order chi connectivity index (χ1) is 7.19. The summed E-state index contributed by atoms with van der Waals surface area (Å²) in [5.74, 6) is -0.479. The van der Waals surface area contributed by atoms with Crippen molar-refractivity contribution >= 4 is 0 Å². The average molecular weight is 211 g/mol. The van der Waals surface area contributed by atoms with E-state index < -0.39 is 5.82 Å². The molecule has 0 bridgehead atoms. The van der Waals surface area contributed by atoms with Crippen molar-refractivity contribution in [3.05, 3.63) is 17.4 Å². The Kier molecular flexibility index (Phi) is 3.34. The molecule has 0 unspecified atom stereocenters. The first-order valence-electron chi connectivity index (χ1n) is 4.08. The van der Waals surface area contributed by atoms with Crippen LogP contribution in [0.1, 0.15) is 5.56 Å². The number of benzene rings is 1. The maximum atomic E-state index is 13.6. The Balaban J connectivity index is 3.52. The van der Waals surface area contributed by atoms with Crippen LogP contribution in [-0.2, 0) is 0 Å². The van der Waals surface area contributed by atoms with Crippen LogP contribution in [0.4, 0.5) is 4.39 Å². The number of hydrogen-bond donors (Lipinski definition) is 0. The molecule has 80 valence electrons.